The Labute approximate surface area is 258 Å². The molecule has 0 aliphatic carbocycles. The second kappa shape index (κ2) is 22.0. The van der Waals surface area contributed by atoms with Gasteiger partial charge in [0.25, 0.3) is 11.8 Å². The minimum atomic E-state index is -0.963. The Morgan fingerprint density at radius 1 is 0.795 bits per heavy atom. The van der Waals surface area contributed by atoms with Crippen LogP contribution in [-0.2, 0) is 42.9 Å². The van der Waals surface area contributed by atoms with Crippen LogP contribution in [0.2, 0.25) is 0 Å². The number of carbonyl (C=O) groups is 6. The first-order valence-electron chi connectivity index (χ1n) is 14.9. The minimum absolute atomic E-state index is 0.0807. The number of amides is 5. The lowest BCUT2D eigenvalue weighted by atomic mass is 10.1. The molecule has 1 aliphatic heterocycles. The molecule has 0 aromatic rings. The average molecular weight is 630 g/mol. The highest BCUT2D eigenvalue weighted by Crippen LogP contribution is 2.09. The number of nitrogens with one attached hydrogen (secondary N) is 3. The summed E-state index contributed by atoms with van der Waals surface area (Å²) >= 11 is 0. The summed E-state index contributed by atoms with van der Waals surface area (Å²) in [4.78, 5) is 71.1. The highest BCUT2D eigenvalue weighted by atomic mass is 16.6. The number of unbranched alkanes of at least 4 members (excludes halogenated alkanes) is 3. The van der Waals surface area contributed by atoms with Gasteiger partial charge in [-0.2, -0.15) is 0 Å². The molecular formula is C29H49N4O11+. The number of ether oxygens (including phenoxy) is 4. The van der Waals surface area contributed by atoms with E-state index in [1.54, 1.807) is 20.8 Å². The summed E-state index contributed by atoms with van der Waals surface area (Å²) in [6.45, 7) is 7.64. The van der Waals surface area contributed by atoms with Crippen LogP contribution in [0.5, 0.6) is 0 Å². The zero-order chi connectivity index (χ0) is 32.8. The Hall–Kier alpha value is -3.56. The average Bonchev–Trinajstić information content (AvgIpc) is 3.26. The number of carbonyl (C=O) groups excluding carboxylic acids is 6. The number of hydrogen-bond acceptors (Lipinski definition) is 10. The van der Waals surface area contributed by atoms with Crippen LogP contribution >= 0.6 is 0 Å². The van der Waals surface area contributed by atoms with Gasteiger partial charge < -0.3 is 40.0 Å². The summed E-state index contributed by atoms with van der Waals surface area (Å²) in [6, 6.07) is -0.963. The summed E-state index contributed by atoms with van der Waals surface area (Å²) < 4.78 is 21.2. The number of hydrogen-bond donors (Lipinski definition) is 3. The van der Waals surface area contributed by atoms with Crippen molar-refractivity contribution in [1.82, 2.24) is 20.9 Å². The standard InChI is InChI=1S/C29H48N4O11/c1-29(2,3)44-28(40)32-22(27(38)39)9-6-7-13-30-24(35)21-43-20-19-42-18-17-41-16-14-31-23(34)10-5-4-8-15-33-25(36)11-12-26(33)37/h11-12,22H,4-10,13-21H2,1-3H3,(H,30,35)(H,31,34)(H,32,40)(H,38,39)/p+1. The lowest BCUT2D eigenvalue weighted by Crippen LogP contribution is -2.43. The van der Waals surface area contributed by atoms with E-state index in [9.17, 15) is 28.8 Å². The molecule has 1 atom stereocenters. The van der Waals surface area contributed by atoms with Crippen LogP contribution in [0.4, 0.5) is 4.79 Å². The highest BCUT2D eigenvalue weighted by Gasteiger charge is 2.28. The van der Waals surface area contributed by atoms with Crippen molar-refractivity contribution < 1.29 is 52.8 Å². The van der Waals surface area contributed by atoms with Crippen molar-refractivity contribution in [1.29, 1.82) is 0 Å². The lowest BCUT2D eigenvalue weighted by molar-refractivity contribution is -0.140. The van der Waals surface area contributed by atoms with Crippen molar-refractivity contribution >= 4 is 35.7 Å². The first-order valence-corrected chi connectivity index (χ1v) is 14.9. The molecular weight excluding hydrogens is 580 g/mol. The van der Waals surface area contributed by atoms with Crippen LogP contribution in [0.3, 0.4) is 0 Å². The molecule has 0 aromatic heterocycles. The van der Waals surface area contributed by atoms with Crippen molar-refractivity contribution in [3.63, 3.8) is 0 Å². The van der Waals surface area contributed by atoms with Crippen molar-refractivity contribution in [3.05, 3.63) is 12.2 Å². The van der Waals surface area contributed by atoms with E-state index in [-0.39, 0.29) is 49.9 Å². The molecule has 0 saturated carbocycles. The van der Waals surface area contributed by atoms with E-state index in [0.29, 0.717) is 71.6 Å². The van der Waals surface area contributed by atoms with Gasteiger partial charge in [0.15, 0.2) is 6.04 Å². The smallest absolute Gasteiger partial charge is 0.538 e. The molecule has 1 unspecified atom stereocenters. The molecule has 1 heterocycles. The van der Waals surface area contributed by atoms with Gasteiger partial charge in [-0.3, -0.25) is 24.1 Å². The Morgan fingerprint density at radius 2 is 1.41 bits per heavy atom. The Bertz CT molecular complexity index is 947. The van der Waals surface area contributed by atoms with E-state index in [4.69, 9.17) is 24.1 Å². The van der Waals surface area contributed by atoms with Crippen LogP contribution in [-0.4, -0.2) is 117 Å². The van der Waals surface area contributed by atoms with E-state index in [1.165, 1.54) is 17.1 Å². The molecule has 5 amide bonds. The Kier molecular flexibility index (Phi) is 19.3. The molecule has 0 spiro atoms. The normalized spacial score (nSPS) is 13.6. The summed E-state index contributed by atoms with van der Waals surface area (Å²) in [5.74, 6) is -1.85. The van der Waals surface area contributed by atoms with Gasteiger partial charge in [0.2, 0.25) is 11.8 Å². The third-order valence-corrected chi connectivity index (χ3v) is 5.98. The Balaban J connectivity index is 1.89. The molecule has 15 heteroatoms. The monoisotopic (exact) mass is 629 g/mol. The molecule has 44 heavy (non-hydrogen) atoms. The van der Waals surface area contributed by atoms with E-state index in [1.807, 2.05) is 0 Å². The van der Waals surface area contributed by atoms with E-state index in [0.717, 1.165) is 6.42 Å². The number of imide groups is 1. The quantitative estimate of drug-likeness (QED) is 0.0745. The lowest BCUT2D eigenvalue weighted by Gasteiger charge is -2.21. The van der Waals surface area contributed by atoms with Gasteiger partial charge in [0.05, 0.1) is 33.0 Å². The minimum Gasteiger partial charge on any atom is -0.563 e. The van der Waals surface area contributed by atoms with Gasteiger partial charge in [-0.15, -0.1) is 0 Å². The van der Waals surface area contributed by atoms with E-state index in [2.05, 4.69) is 16.0 Å². The van der Waals surface area contributed by atoms with Gasteiger partial charge in [0.1, 0.15) is 12.2 Å². The maximum absolute atomic E-state index is 11.9. The molecule has 0 bridgehead atoms. The zero-order valence-corrected chi connectivity index (χ0v) is 26.1. The van der Waals surface area contributed by atoms with Gasteiger partial charge in [0, 0.05) is 43.0 Å². The molecule has 250 valence electrons. The number of nitrogens with zero attached hydrogens (tertiary/aromatic N) is 1. The van der Waals surface area contributed by atoms with Crippen molar-refractivity contribution in [2.24, 2.45) is 0 Å². The van der Waals surface area contributed by atoms with Crippen LogP contribution in [0.1, 0.15) is 65.7 Å². The summed E-state index contributed by atoms with van der Waals surface area (Å²) in [5.41, 5.74) is -0.708. The molecule has 0 fully saturated rings. The first-order chi connectivity index (χ1) is 20.9. The molecule has 1 rings (SSSR count). The fraction of sp³-hybridized carbons (Fsp3) is 0.724. The fourth-order valence-corrected chi connectivity index (χ4v) is 3.81. The highest BCUT2D eigenvalue weighted by molar-refractivity contribution is 6.12. The topological polar surface area (TPSA) is 202 Å². The SMILES string of the molecule is CC(C)(C)OC(=O)NC(CCCCNC(=O)COCCOCCOCCNC(=O)CCCCCN1C(=O)C=CC1=O)C(=O)[OH2+]. The molecule has 1 aliphatic rings. The van der Waals surface area contributed by atoms with E-state index >= 15 is 0 Å². The predicted octanol–water partition coefficient (Wildman–Crippen LogP) is 0.0688. The zero-order valence-electron chi connectivity index (χ0n) is 26.1. The summed E-state index contributed by atoms with van der Waals surface area (Å²) in [5, 5.41) is 15.2. The van der Waals surface area contributed by atoms with Gasteiger partial charge in [-0.1, -0.05) is 6.42 Å². The fourth-order valence-electron chi connectivity index (χ4n) is 3.81. The maximum Gasteiger partial charge on any atom is 0.538 e. The predicted molar refractivity (Wildman–Crippen MR) is 158 cm³/mol. The molecule has 0 aromatic carbocycles. The largest absolute Gasteiger partial charge is 0.563 e. The van der Waals surface area contributed by atoms with Crippen LogP contribution in [0.25, 0.3) is 0 Å². The van der Waals surface area contributed by atoms with E-state index < -0.39 is 23.7 Å². The second-order valence-electron chi connectivity index (χ2n) is 11.0. The number of rotatable bonds is 24. The molecule has 5 N–H and O–H groups in total. The second-order valence-corrected chi connectivity index (χ2v) is 11.0. The van der Waals surface area contributed by atoms with Gasteiger partial charge in [-0.05, 0) is 52.9 Å². The van der Waals surface area contributed by atoms with Crippen LogP contribution in [0, 0.1) is 0 Å². The number of alkyl carbamates (subject to hydrolysis) is 1. The molecule has 15 nitrogen and oxygen atoms in total. The van der Waals surface area contributed by atoms with Crippen molar-refractivity contribution in [2.45, 2.75) is 77.4 Å². The van der Waals surface area contributed by atoms with Crippen LogP contribution in [0.15, 0.2) is 12.2 Å². The van der Waals surface area contributed by atoms with Gasteiger partial charge in [-0.25, -0.2) is 4.79 Å². The third kappa shape index (κ3) is 19.6. The summed E-state index contributed by atoms with van der Waals surface area (Å²) in [7, 11) is 0. The van der Waals surface area contributed by atoms with Crippen LogP contribution < -0.4 is 16.0 Å². The molecule has 0 radical (unpaired) electrons. The summed E-state index contributed by atoms with van der Waals surface area (Å²) in [6.07, 6.45) is 5.54. The molecule has 0 saturated heterocycles. The van der Waals surface area contributed by atoms with Crippen molar-refractivity contribution in [2.75, 3.05) is 59.3 Å². The first kappa shape index (κ1) is 38.5. The van der Waals surface area contributed by atoms with Crippen molar-refractivity contribution in [3.8, 4) is 0 Å². The third-order valence-electron chi connectivity index (χ3n) is 5.98. The Morgan fingerprint density at radius 3 is 2.05 bits per heavy atom. The van der Waals surface area contributed by atoms with Gasteiger partial charge >= 0.3 is 12.1 Å². The maximum atomic E-state index is 11.9.